The first-order chi connectivity index (χ1) is 12.0. The van der Waals surface area contributed by atoms with E-state index in [0.717, 1.165) is 0 Å². The minimum Gasteiger partial charge on any atom is -0.489 e. The van der Waals surface area contributed by atoms with Gasteiger partial charge in [0.2, 0.25) is 0 Å². The van der Waals surface area contributed by atoms with Gasteiger partial charge in [0, 0.05) is 0 Å². The number of rotatable bonds is 6. The molecule has 0 fully saturated rings. The maximum absolute atomic E-state index is 11.4. The number of ether oxygens (including phenoxy) is 2. The highest BCUT2D eigenvalue weighted by molar-refractivity contribution is 5.93. The van der Waals surface area contributed by atoms with E-state index < -0.39 is 11.9 Å². The smallest absolute Gasteiger partial charge is 0.337 e. The van der Waals surface area contributed by atoms with Gasteiger partial charge in [-0.05, 0) is 48.0 Å². The number of hydrogen-bond acceptors (Lipinski definition) is 5. The van der Waals surface area contributed by atoms with Gasteiger partial charge in [0.1, 0.15) is 12.4 Å². The molecule has 0 radical (unpaired) electrons. The first kappa shape index (κ1) is 17.8. The van der Waals surface area contributed by atoms with Gasteiger partial charge in [0.05, 0.1) is 29.9 Å². The summed E-state index contributed by atoms with van der Waals surface area (Å²) in [6.45, 7) is -0.139. The van der Waals surface area contributed by atoms with Crippen molar-refractivity contribution in [3.63, 3.8) is 0 Å². The Bertz CT molecular complexity index is 830. The SMILES string of the molecule is COC(=O)c1ccc(/C=C(/COc2ccc(C#N)cc2)C(=O)O)cc1. The van der Waals surface area contributed by atoms with Crippen molar-refractivity contribution in [2.24, 2.45) is 0 Å². The number of carboxylic acids is 1. The largest absolute Gasteiger partial charge is 0.489 e. The van der Waals surface area contributed by atoms with Gasteiger partial charge in [-0.2, -0.15) is 5.26 Å². The van der Waals surface area contributed by atoms with E-state index in [1.54, 1.807) is 48.5 Å². The van der Waals surface area contributed by atoms with Gasteiger partial charge in [-0.1, -0.05) is 12.1 Å². The van der Waals surface area contributed by atoms with E-state index in [9.17, 15) is 14.7 Å². The van der Waals surface area contributed by atoms with Crippen molar-refractivity contribution in [3.05, 3.63) is 70.8 Å². The van der Waals surface area contributed by atoms with Gasteiger partial charge in [0.15, 0.2) is 0 Å². The van der Waals surface area contributed by atoms with Crippen molar-refractivity contribution in [1.82, 2.24) is 0 Å². The maximum atomic E-state index is 11.4. The highest BCUT2D eigenvalue weighted by Gasteiger charge is 2.10. The summed E-state index contributed by atoms with van der Waals surface area (Å²) in [7, 11) is 1.29. The molecule has 0 aliphatic carbocycles. The number of benzene rings is 2. The number of aliphatic carboxylic acids is 1. The number of nitriles is 1. The van der Waals surface area contributed by atoms with Crippen LogP contribution in [0.5, 0.6) is 5.75 Å². The van der Waals surface area contributed by atoms with Gasteiger partial charge in [-0.3, -0.25) is 0 Å². The highest BCUT2D eigenvalue weighted by atomic mass is 16.5. The standard InChI is InChI=1S/C19H15NO5/c1-24-19(23)15-6-2-13(3-7-15)10-16(18(21)22)12-25-17-8-4-14(11-20)5-9-17/h2-10H,12H2,1H3,(H,21,22)/b16-10-. The zero-order chi connectivity index (χ0) is 18.2. The molecule has 2 aromatic rings. The molecule has 0 heterocycles. The number of methoxy groups -OCH3 is 1. The molecule has 2 rings (SSSR count). The van der Waals surface area contributed by atoms with E-state index in [-0.39, 0.29) is 12.2 Å². The minimum atomic E-state index is -1.11. The fraction of sp³-hybridized carbons (Fsp3) is 0.105. The van der Waals surface area contributed by atoms with Crippen molar-refractivity contribution < 1.29 is 24.2 Å². The lowest BCUT2D eigenvalue weighted by Gasteiger charge is -2.07. The summed E-state index contributed by atoms with van der Waals surface area (Å²) in [5.41, 5.74) is 1.54. The molecular formula is C19H15NO5. The fourth-order valence-corrected chi connectivity index (χ4v) is 1.99. The number of carbonyl (C=O) groups excluding carboxylic acids is 1. The summed E-state index contributed by atoms with van der Waals surface area (Å²) in [6.07, 6.45) is 1.47. The van der Waals surface area contributed by atoms with Crippen molar-refractivity contribution >= 4 is 18.0 Å². The normalized spacial score (nSPS) is 10.6. The second-order valence-electron chi connectivity index (χ2n) is 5.01. The van der Waals surface area contributed by atoms with Gasteiger partial charge >= 0.3 is 11.9 Å². The molecule has 6 heteroatoms. The molecule has 0 aliphatic heterocycles. The third-order valence-corrected chi connectivity index (χ3v) is 3.33. The van der Waals surface area contributed by atoms with E-state index in [1.165, 1.54) is 13.2 Å². The van der Waals surface area contributed by atoms with E-state index in [2.05, 4.69) is 4.74 Å². The Morgan fingerprint density at radius 1 is 1.12 bits per heavy atom. The summed E-state index contributed by atoms with van der Waals surface area (Å²) in [5.74, 6) is -1.10. The van der Waals surface area contributed by atoms with Gasteiger partial charge < -0.3 is 14.6 Å². The van der Waals surface area contributed by atoms with Crippen LogP contribution in [0.4, 0.5) is 0 Å². The monoisotopic (exact) mass is 337 g/mol. The van der Waals surface area contributed by atoms with E-state index in [1.807, 2.05) is 6.07 Å². The molecule has 0 atom stereocenters. The number of nitrogens with zero attached hydrogens (tertiary/aromatic N) is 1. The van der Waals surface area contributed by atoms with Gasteiger partial charge in [-0.25, -0.2) is 9.59 Å². The van der Waals surface area contributed by atoms with Crippen LogP contribution < -0.4 is 4.74 Å². The molecule has 0 saturated carbocycles. The molecule has 0 aromatic heterocycles. The molecule has 0 bridgehead atoms. The van der Waals surface area contributed by atoms with E-state index in [4.69, 9.17) is 10.00 Å². The predicted octanol–water partition coefficient (Wildman–Crippen LogP) is 2.89. The minimum absolute atomic E-state index is 0.0511. The lowest BCUT2D eigenvalue weighted by molar-refractivity contribution is -0.132. The maximum Gasteiger partial charge on any atom is 0.337 e. The van der Waals surface area contributed by atoms with Crippen LogP contribution in [-0.2, 0) is 9.53 Å². The van der Waals surface area contributed by atoms with Crippen LogP contribution >= 0.6 is 0 Å². The van der Waals surface area contributed by atoms with Gasteiger partial charge in [0.25, 0.3) is 0 Å². The summed E-state index contributed by atoms with van der Waals surface area (Å²) in [4.78, 5) is 22.8. The number of esters is 1. The summed E-state index contributed by atoms with van der Waals surface area (Å²) in [5, 5.41) is 18.1. The van der Waals surface area contributed by atoms with Crippen molar-refractivity contribution in [2.75, 3.05) is 13.7 Å². The first-order valence-corrected chi connectivity index (χ1v) is 7.28. The summed E-state index contributed by atoms with van der Waals surface area (Å²) in [6, 6.07) is 14.7. The third-order valence-electron chi connectivity index (χ3n) is 3.33. The Balaban J connectivity index is 2.11. The Labute approximate surface area is 144 Å². The summed E-state index contributed by atoms with van der Waals surface area (Å²) < 4.78 is 10.1. The third kappa shape index (κ3) is 4.94. The Morgan fingerprint density at radius 3 is 2.28 bits per heavy atom. The van der Waals surface area contributed by atoms with Crippen LogP contribution in [0.25, 0.3) is 6.08 Å². The Morgan fingerprint density at radius 2 is 1.76 bits per heavy atom. The molecule has 126 valence electrons. The van der Waals surface area contributed by atoms with Crippen LogP contribution in [0.3, 0.4) is 0 Å². The van der Waals surface area contributed by atoms with Crippen LogP contribution in [0, 0.1) is 11.3 Å². The molecule has 0 aliphatic rings. The molecule has 6 nitrogen and oxygen atoms in total. The first-order valence-electron chi connectivity index (χ1n) is 7.28. The zero-order valence-corrected chi connectivity index (χ0v) is 13.4. The van der Waals surface area contributed by atoms with Crippen LogP contribution in [0.1, 0.15) is 21.5 Å². The average Bonchev–Trinajstić information content (AvgIpc) is 2.65. The number of carbonyl (C=O) groups is 2. The lowest BCUT2D eigenvalue weighted by atomic mass is 10.1. The van der Waals surface area contributed by atoms with Crippen LogP contribution in [-0.4, -0.2) is 30.8 Å². The zero-order valence-electron chi connectivity index (χ0n) is 13.4. The fourth-order valence-electron chi connectivity index (χ4n) is 1.99. The van der Waals surface area contributed by atoms with Crippen LogP contribution in [0.15, 0.2) is 54.1 Å². The van der Waals surface area contributed by atoms with Crippen molar-refractivity contribution in [1.29, 1.82) is 5.26 Å². The van der Waals surface area contributed by atoms with Gasteiger partial charge in [-0.15, -0.1) is 0 Å². The molecule has 0 spiro atoms. The number of hydrogen-bond donors (Lipinski definition) is 1. The molecule has 0 amide bonds. The molecule has 1 N–H and O–H groups in total. The van der Waals surface area contributed by atoms with Crippen molar-refractivity contribution in [3.8, 4) is 11.8 Å². The van der Waals surface area contributed by atoms with Crippen molar-refractivity contribution in [2.45, 2.75) is 0 Å². The molecular weight excluding hydrogens is 322 g/mol. The summed E-state index contributed by atoms with van der Waals surface area (Å²) >= 11 is 0. The second kappa shape index (κ2) is 8.31. The Kier molecular flexibility index (Phi) is 5.91. The molecule has 25 heavy (non-hydrogen) atoms. The average molecular weight is 337 g/mol. The second-order valence-corrected chi connectivity index (χ2v) is 5.01. The highest BCUT2D eigenvalue weighted by Crippen LogP contribution is 2.15. The van der Waals surface area contributed by atoms with Crippen LogP contribution in [0.2, 0.25) is 0 Å². The quantitative estimate of drug-likeness (QED) is 0.643. The van der Waals surface area contributed by atoms with E-state index in [0.29, 0.717) is 22.4 Å². The number of carboxylic acid groups (broad SMARTS) is 1. The lowest BCUT2D eigenvalue weighted by Crippen LogP contribution is -2.10. The Hall–Kier alpha value is -3.59. The van der Waals surface area contributed by atoms with E-state index >= 15 is 0 Å². The molecule has 2 aromatic carbocycles. The molecule has 0 unspecified atom stereocenters. The predicted molar refractivity (Wildman–Crippen MR) is 90.0 cm³/mol. The molecule has 0 saturated heterocycles. The topological polar surface area (TPSA) is 96.6 Å².